The average Bonchev–Trinajstić information content (AvgIpc) is 2.69. The SMILES string of the molecule is COc1cc([C@@H]2[C@H](C(=O)OCC(C)C)C(=O)C[C@](C)(O)[C@@H]2C(=O)OCC(C)C)ccc1O. The van der Waals surface area contributed by atoms with Crippen LogP contribution in [-0.4, -0.2) is 53.9 Å². The molecule has 32 heavy (non-hydrogen) atoms. The van der Waals surface area contributed by atoms with Crippen molar-refractivity contribution < 1.29 is 38.8 Å². The second-order valence-electron chi connectivity index (χ2n) is 9.46. The second kappa shape index (κ2) is 10.3. The van der Waals surface area contributed by atoms with Crippen molar-refractivity contribution in [2.45, 2.75) is 52.6 Å². The van der Waals surface area contributed by atoms with E-state index in [-0.39, 0.29) is 43.0 Å². The number of esters is 2. The molecule has 2 N–H and O–H groups in total. The minimum atomic E-state index is -1.74. The molecule has 0 amide bonds. The molecule has 1 aliphatic carbocycles. The number of hydrogen-bond acceptors (Lipinski definition) is 8. The van der Waals surface area contributed by atoms with Gasteiger partial charge in [-0.15, -0.1) is 0 Å². The minimum Gasteiger partial charge on any atom is -0.504 e. The molecular formula is C24H34O8. The molecular weight excluding hydrogens is 416 g/mol. The van der Waals surface area contributed by atoms with Gasteiger partial charge in [0.1, 0.15) is 5.92 Å². The number of aliphatic hydroxyl groups is 1. The van der Waals surface area contributed by atoms with Crippen LogP contribution in [0.1, 0.15) is 52.5 Å². The summed E-state index contributed by atoms with van der Waals surface area (Å²) in [6.45, 7) is 9.14. The highest BCUT2D eigenvalue weighted by Crippen LogP contribution is 2.48. The highest BCUT2D eigenvalue weighted by atomic mass is 16.5. The van der Waals surface area contributed by atoms with Crippen LogP contribution in [0.5, 0.6) is 11.5 Å². The third kappa shape index (κ3) is 5.79. The van der Waals surface area contributed by atoms with Crippen LogP contribution < -0.4 is 4.74 Å². The molecule has 0 heterocycles. The van der Waals surface area contributed by atoms with E-state index in [0.717, 1.165) is 0 Å². The fraction of sp³-hybridized carbons (Fsp3) is 0.625. The van der Waals surface area contributed by atoms with E-state index in [0.29, 0.717) is 5.56 Å². The van der Waals surface area contributed by atoms with Crippen molar-refractivity contribution in [2.75, 3.05) is 20.3 Å². The third-order valence-electron chi connectivity index (χ3n) is 5.48. The average molecular weight is 451 g/mol. The standard InChI is InChI=1S/C24H34O8/c1-13(2)11-31-22(27)20-17(26)10-24(5,29)21(23(28)32-12-14(3)4)19(20)15-7-8-16(25)18(9-15)30-6/h7-9,13-14,19-21,25,29H,10-12H2,1-6H3/t19-,20-,21+,24+/m1/s1. The molecule has 0 saturated heterocycles. The molecule has 1 aromatic carbocycles. The lowest BCUT2D eigenvalue weighted by molar-refractivity contribution is -0.173. The van der Waals surface area contributed by atoms with Crippen LogP contribution >= 0.6 is 0 Å². The fourth-order valence-corrected chi connectivity index (χ4v) is 3.99. The van der Waals surface area contributed by atoms with Gasteiger partial charge in [-0.2, -0.15) is 0 Å². The van der Waals surface area contributed by atoms with Crippen molar-refractivity contribution in [3.8, 4) is 11.5 Å². The number of hydrogen-bond donors (Lipinski definition) is 2. The molecule has 8 heteroatoms. The number of carbonyl (C=O) groups is 3. The minimum absolute atomic E-state index is 0.0553. The Labute approximate surface area is 188 Å². The number of ether oxygens (including phenoxy) is 3. The summed E-state index contributed by atoms with van der Waals surface area (Å²) in [7, 11) is 1.36. The van der Waals surface area contributed by atoms with Crippen LogP contribution in [0.2, 0.25) is 0 Å². The predicted octanol–water partition coefficient (Wildman–Crippen LogP) is 2.84. The Kier molecular flexibility index (Phi) is 8.29. The lowest BCUT2D eigenvalue weighted by Gasteiger charge is -2.43. The maximum absolute atomic E-state index is 13.1. The lowest BCUT2D eigenvalue weighted by atomic mass is 9.61. The van der Waals surface area contributed by atoms with Gasteiger partial charge >= 0.3 is 11.9 Å². The van der Waals surface area contributed by atoms with Gasteiger partial charge in [0.25, 0.3) is 0 Å². The van der Waals surface area contributed by atoms with Crippen LogP contribution in [0.3, 0.4) is 0 Å². The number of phenols is 1. The molecule has 1 saturated carbocycles. The molecule has 4 atom stereocenters. The molecule has 8 nitrogen and oxygen atoms in total. The van der Waals surface area contributed by atoms with E-state index in [9.17, 15) is 24.6 Å². The van der Waals surface area contributed by atoms with Crippen LogP contribution in [0.25, 0.3) is 0 Å². The van der Waals surface area contributed by atoms with Crippen molar-refractivity contribution in [3.63, 3.8) is 0 Å². The highest BCUT2D eigenvalue weighted by Gasteiger charge is 2.57. The number of rotatable bonds is 8. The number of ketones is 1. The summed E-state index contributed by atoms with van der Waals surface area (Å²) in [5, 5.41) is 21.1. The van der Waals surface area contributed by atoms with Crippen LogP contribution in [0.4, 0.5) is 0 Å². The number of aromatic hydroxyl groups is 1. The fourth-order valence-electron chi connectivity index (χ4n) is 3.99. The van der Waals surface area contributed by atoms with Crippen LogP contribution in [0, 0.1) is 23.7 Å². The first kappa shape index (κ1) is 25.6. The molecule has 1 aliphatic rings. The summed E-state index contributed by atoms with van der Waals surface area (Å²) in [6.07, 6.45) is -0.387. The Morgan fingerprint density at radius 1 is 1.09 bits per heavy atom. The van der Waals surface area contributed by atoms with E-state index in [2.05, 4.69) is 0 Å². The number of carbonyl (C=O) groups excluding carboxylic acids is 3. The van der Waals surface area contributed by atoms with E-state index in [1.807, 2.05) is 27.7 Å². The highest BCUT2D eigenvalue weighted by molar-refractivity contribution is 6.02. The summed E-state index contributed by atoms with van der Waals surface area (Å²) >= 11 is 0. The first-order valence-electron chi connectivity index (χ1n) is 10.8. The first-order chi connectivity index (χ1) is 14.9. The molecule has 0 unspecified atom stereocenters. The summed E-state index contributed by atoms with van der Waals surface area (Å²) in [5.74, 6) is -5.44. The zero-order chi connectivity index (χ0) is 24.2. The van der Waals surface area contributed by atoms with Gasteiger partial charge < -0.3 is 24.4 Å². The van der Waals surface area contributed by atoms with Crippen LogP contribution in [0.15, 0.2) is 18.2 Å². The van der Waals surface area contributed by atoms with Crippen molar-refractivity contribution in [2.24, 2.45) is 23.7 Å². The van der Waals surface area contributed by atoms with Gasteiger partial charge in [0.2, 0.25) is 0 Å². The van der Waals surface area contributed by atoms with Gasteiger partial charge in [0.15, 0.2) is 17.3 Å². The zero-order valence-electron chi connectivity index (χ0n) is 19.6. The molecule has 0 radical (unpaired) electrons. The number of phenolic OH excluding ortho intramolecular Hbond substituents is 1. The zero-order valence-corrected chi connectivity index (χ0v) is 19.6. The van der Waals surface area contributed by atoms with Crippen LogP contribution in [-0.2, 0) is 23.9 Å². The molecule has 0 spiro atoms. The van der Waals surface area contributed by atoms with Gasteiger partial charge in [-0.25, -0.2) is 0 Å². The van der Waals surface area contributed by atoms with Crippen molar-refractivity contribution in [3.05, 3.63) is 23.8 Å². The predicted molar refractivity (Wildman–Crippen MR) is 116 cm³/mol. The van der Waals surface area contributed by atoms with Crippen molar-refractivity contribution in [1.29, 1.82) is 0 Å². The summed E-state index contributed by atoms with van der Waals surface area (Å²) < 4.78 is 16.0. The molecule has 1 aromatic rings. The van der Waals surface area contributed by atoms with E-state index in [1.54, 1.807) is 0 Å². The number of methoxy groups -OCH3 is 1. The van der Waals surface area contributed by atoms with E-state index in [1.165, 1.54) is 32.2 Å². The molecule has 0 bridgehead atoms. The third-order valence-corrected chi connectivity index (χ3v) is 5.48. The normalized spacial score (nSPS) is 25.7. The van der Waals surface area contributed by atoms with Crippen molar-refractivity contribution in [1.82, 2.24) is 0 Å². The molecule has 0 aliphatic heterocycles. The molecule has 178 valence electrons. The maximum atomic E-state index is 13.1. The molecule has 1 fully saturated rings. The largest absolute Gasteiger partial charge is 0.504 e. The van der Waals surface area contributed by atoms with Gasteiger partial charge in [0.05, 0.1) is 31.8 Å². The van der Waals surface area contributed by atoms with Gasteiger partial charge in [-0.05, 0) is 36.5 Å². The maximum Gasteiger partial charge on any atom is 0.317 e. The molecule has 0 aromatic heterocycles. The second-order valence-corrected chi connectivity index (χ2v) is 9.46. The summed E-state index contributed by atoms with van der Waals surface area (Å²) in [5.41, 5.74) is -1.36. The number of benzene rings is 1. The lowest BCUT2D eigenvalue weighted by Crippen LogP contribution is -2.55. The van der Waals surface area contributed by atoms with Crippen molar-refractivity contribution >= 4 is 17.7 Å². The Balaban J connectivity index is 2.59. The van der Waals surface area contributed by atoms with Gasteiger partial charge in [-0.3, -0.25) is 14.4 Å². The summed E-state index contributed by atoms with van der Waals surface area (Å²) in [6, 6.07) is 4.32. The van der Waals surface area contributed by atoms with Gasteiger partial charge in [0, 0.05) is 12.3 Å². The van der Waals surface area contributed by atoms with E-state index in [4.69, 9.17) is 14.2 Å². The monoisotopic (exact) mass is 450 g/mol. The Morgan fingerprint density at radius 2 is 1.66 bits per heavy atom. The number of Topliss-reactive ketones (excluding diaryl/α,β-unsaturated/α-hetero) is 1. The Morgan fingerprint density at radius 3 is 2.19 bits per heavy atom. The van der Waals surface area contributed by atoms with Gasteiger partial charge in [-0.1, -0.05) is 33.8 Å². The Hall–Kier alpha value is -2.61. The van der Waals surface area contributed by atoms with E-state index < -0.39 is 41.1 Å². The molecule has 2 rings (SSSR count). The smallest absolute Gasteiger partial charge is 0.317 e. The summed E-state index contributed by atoms with van der Waals surface area (Å²) in [4.78, 5) is 39.2. The first-order valence-corrected chi connectivity index (χ1v) is 10.8. The topological polar surface area (TPSA) is 119 Å². The van der Waals surface area contributed by atoms with E-state index >= 15 is 0 Å². The quantitative estimate of drug-likeness (QED) is 0.458. The Bertz CT molecular complexity index is 842.